The van der Waals surface area contributed by atoms with Crippen molar-refractivity contribution in [1.29, 1.82) is 0 Å². The van der Waals surface area contributed by atoms with E-state index in [1.807, 2.05) is 13.8 Å². The summed E-state index contributed by atoms with van der Waals surface area (Å²) in [4.78, 5) is 8.72. The fourth-order valence-corrected chi connectivity index (χ4v) is 1.51. The number of aromatic nitrogens is 4. The minimum Gasteiger partial charge on any atom is -0.249 e. The van der Waals surface area contributed by atoms with Gasteiger partial charge in [0.25, 0.3) is 0 Å². The first-order chi connectivity index (χ1) is 7.58. The number of halogens is 1. The summed E-state index contributed by atoms with van der Waals surface area (Å²) in [7, 11) is 0. The molecule has 0 aliphatic carbocycles. The van der Waals surface area contributed by atoms with Crippen molar-refractivity contribution in [2.24, 2.45) is 0 Å². The average Bonchev–Trinajstić information content (AvgIpc) is 2.60. The molecule has 2 aromatic heterocycles. The van der Waals surface area contributed by atoms with Gasteiger partial charge in [-0.05, 0) is 12.8 Å². The van der Waals surface area contributed by atoms with Gasteiger partial charge in [-0.25, -0.2) is 19.0 Å². The summed E-state index contributed by atoms with van der Waals surface area (Å²) in [6.45, 7) is 5.83. The van der Waals surface area contributed by atoms with Gasteiger partial charge in [0.1, 0.15) is 11.7 Å². The summed E-state index contributed by atoms with van der Waals surface area (Å²) in [5.41, 5.74) is 2.28. The molecule has 16 heavy (non-hydrogen) atoms. The first-order valence-electron chi connectivity index (χ1n) is 5.40. The molecule has 0 fully saturated rings. The van der Waals surface area contributed by atoms with E-state index in [2.05, 4.69) is 15.1 Å². The lowest BCUT2D eigenvalue weighted by molar-refractivity contribution is 0.312. The fraction of sp³-hybridized carbons (Fsp3) is 0.545. The molecule has 1 unspecified atom stereocenters. The lowest BCUT2D eigenvalue weighted by Gasteiger charge is -2.06. The molecule has 0 radical (unpaired) electrons. The van der Waals surface area contributed by atoms with Crippen LogP contribution >= 0.6 is 0 Å². The van der Waals surface area contributed by atoms with Crippen molar-refractivity contribution in [1.82, 2.24) is 19.7 Å². The van der Waals surface area contributed by atoms with Crippen molar-refractivity contribution >= 4 is 11.2 Å². The van der Waals surface area contributed by atoms with Crippen molar-refractivity contribution in [3.8, 4) is 0 Å². The molecule has 0 aromatic carbocycles. The van der Waals surface area contributed by atoms with Crippen LogP contribution in [-0.4, -0.2) is 25.9 Å². The van der Waals surface area contributed by atoms with E-state index in [4.69, 9.17) is 0 Å². The lowest BCUT2D eigenvalue weighted by atomic mass is 10.1. The maximum absolute atomic E-state index is 12.9. The number of nitrogens with zero attached hydrogens (tertiary/aromatic N) is 4. The second kappa shape index (κ2) is 4.15. The SMILES string of the molecule is CC(F)Cn1ncc2ncc(C(C)C)nc21. The molecule has 0 bridgehead atoms. The molecule has 2 rings (SSSR count). The van der Waals surface area contributed by atoms with Gasteiger partial charge in [0.05, 0.1) is 18.4 Å². The molecule has 2 heterocycles. The molecule has 2 aromatic rings. The van der Waals surface area contributed by atoms with Crippen molar-refractivity contribution < 1.29 is 4.39 Å². The third-order valence-electron chi connectivity index (χ3n) is 2.38. The molecule has 0 amide bonds. The first-order valence-corrected chi connectivity index (χ1v) is 5.40. The van der Waals surface area contributed by atoms with Gasteiger partial charge in [-0.3, -0.25) is 0 Å². The van der Waals surface area contributed by atoms with E-state index in [0.29, 0.717) is 17.1 Å². The Morgan fingerprint density at radius 2 is 2.06 bits per heavy atom. The second-order valence-electron chi connectivity index (χ2n) is 4.27. The van der Waals surface area contributed by atoms with Crippen LogP contribution in [0.4, 0.5) is 4.39 Å². The average molecular weight is 222 g/mol. The topological polar surface area (TPSA) is 43.6 Å². The zero-order valence-electron chi connectivity index (χ0n) is 9.68. The Hall–Kier alpha value is -1.52. The molecule has 5 heteroatoms. The van der Waals surface area contributed by atoms with Crippen LogP contribution in [0.2, 0.25) is 0 Å². The van der Waals surface area contributed by atoms with Crippen molar-refractivity contribution in [3.05, 3.63) is 18.1 Å². The van der Waals surface area contributed by atoms with Gasteiger partial charge in [0.2, 0.25) is 0 Å². The zero-order valence-corrected chi connectivity index (χ0v) is 9.68. The monoisotopic (exact) mass is 222 g/mol. The Bertz CT molecular complexity index is 490. The molecule has 86 valence electrons. The minimum atomic E-state index is -0.937. The van der Waals surface area contributed by atoms with Crippen LogP contribution in [0.3, 0.4) is 0 Å². The second-order valence-corrected chi connectivity index (χ2v) is 4.27. The van der Waals surface area contributed by atoms with Crippen LogP contribution < -0.4 is 0 Å². The molecule has 4 nitrogen and oxygen atoms in total. The summed E-state index contributed by atoms with van der Waals surface area (Å²) in [6.07, 6.45) is 2.43. The van der Waals surface area contributed by atoms with Gasteiger partial charge >= 0.3 is 0 Å². The molecule has 0 spiro atoms. The van der Waals surface area contributed by atoms with E-state index in [1.165, 1.54) is 6.92 Å². The van der Waals surface area contributed by atoms with Crippen molar-refractivity contribution in [3.63, 3.8) is 0 Å². The molecule has 1 atom stereocenters. The summed E-state index contributed by atoms with van der Waals surface area (Å²) >= 11 is 0. The molecule has 0 N–H and O–H groups in total. The van der Waals surface area contributed by atoms with E-state index >= 15 is 0 Å². The highest BCUT2D eigenvalue weighted by molar-refractivity contribution is 5.69. The van der Waals surface area contributed by atoms with Gasteiger partial charge < -0.3 is 0 Å². The molecule has 0 aliphatic rings. The standard InChI is InChI=1S/C11H15FN4/c1-7(2)9-4-13-10-5-14-16(6-8(3)12)11(10)15-9/h4-5,7-8H,6H2,1-3H3. The van der Waals surface area contributed by atoms with Gasteiger partial charge in [0, 0.05) is 6.20 Å². The van der Waals surface area contributed by atoms with E-state index in [9.17, 15) is 4.39 Å². The van der Waals surface area contributed by atoms with E-state index in [1.54, 1.807) is 17.1 Å². The Kier molecular flexibility index (Phi) is 2.85. The molecular formula is C11H15FN4. The smallest absolute Gasteiger partial charge is 0.177 e. The summed E-state index contributed by atoms with van der Waals surface area (Å²) in [6, 6.07) is 0. The lowest BCUT2D eigenvalue weighted by Crippen LogP contribution is -2.10. The third kappa shape index (κ3) is 2.03. The zero-order chi connectivity index (χ0) is 11.7. The third-order valence-corrected chi connectivity index (χ3v) is 2.38. The summed E-state index contributed by atoms with van der Waals surface area (Å²) in [5.74, 6) is 0.308. The van der Waals surface area contributed by atoms with E-state index in [-0.39, 0.29) is 6.54 Å². The minimum absolute atomic E-state index is 0.222. The van der Waals surface area contributed by atoms with Gasteiger partial charge in [-0.15, -0.1) is 0 Å². The quantitative estimate of drug-likeness (QED) is 0.800. The highest BCUT2D eigenvalue weighted by Crippen LogP contribution is 2.15. The van der Waals surface area contributed by atoms with E-state index in [0.717, 1.165) is 5.69 Å². The Labute approximate surface area is 93.5 Å². The molecule has 0 saturated carbocycles. The van der Waals surface area contributed by atoms with Crippen molar-refractivity contribution in [2.45, 2.75) is 39.4 Å². The highest BCUT2D eigenvalue weighted by Gasteiger charge is 2.10. The molecule has 0 aliphatic heterocycles. The van der Waals surface area contributed by atoms with Crippen LogP contribution in [0, 0.1) is 0 Å². The van der Waals surface area contributed by atoms with Gasteiger partial charge in [0.15, 0.2) is 5.65 Å². The Morgan fingerprint density at radius 3 is 2.69 bits per heavy atom. The number of hydrogen-bond acceptors (Lipinski definition) is 3. The number of rotatable bonds is 3. The fourth-order valence-electron chi connectivity index (χ4n) is 1.51. The normalized spacial score (nSPS) is 13.6. The predicted octanol–water partition coefficient (Wildman–Crippen LogP) is 2.31. The van der Waals surface area contributed by atoms with Crippen LogP contribution in [0.15, 0.2) is 12.4 Å². The Balaban J connectivity index is 2.47. The van der Waals surface area contributed by atoms with Gasteiger partial charge in [-0.1, -0.05) is 13.8 Å². The number of fused-ring (bicyclic) bond motifs is 1. The van der Waals surface area contributed by atoms with E-state index < -0.39 is 6.17 Å². The largest absolute Gasteiger partial charge is 0.249 e. The highest BCUT2D eigenvalue weighted by atomic mass is 19.1. The van der Waals surface area contributed by atoms with Gasteiger partial charge in [-0.2, -0.15) is 5.10 Å². The van der Waals surface area contributed by atoms with Crippen LogP contribution in [0.25, 0.3) is 11.2 Å². The molecule has 0 saturated heterocycles. The first kappa shape index (κ1) is 11.0. The maximum atomic E-state index is 12.9. The maximum Gasteiger partial charge on any atom is 0.177 e. The number of alkyl halides is 1. The Morgan fingerprint density at radius 1 is 1.31 bits per heavy atom. The summed E-state index contributed by atoms with van der Waals surface area (Å²) < 4.78 is 14.5. The van der Waals surface area contributed by atoms with Crippen molar-refractivity contribution in [2.75, 3.05) is 0 Å². The van der Waals surface area contributed by atoms with Crippen LogP contribution in [0.5, 0.6) is 0 Å². The number of hydrogen-bond donors (Lipinski definition) is 0. The van der Waals surface area contributed by atoms with Crippen LogP contribution in [-0.2, 0) is 6.54 Å². The predicted molar refractivity (Wildman–Crippen MR) is 60.0 cm³/mol. The molecular weight excluding hydrogens is 207 g/mol. The summed E-state index contributed by atoms with van der Waals surface area (Å²) in [5, 5.41) is 4.09. The van der Waals surface area contributed by atoms with Crippen LogP contribution in [0.1, 0.15) is 32.4 Å².